The van der Waals surface area contributed by atoms with Crippen molar-refractivity contribution in [3.05, 3.63) is 23.4 Å². The van der Waals surface area contributed by atoms with E-state index in [1.54, 1.807) is 6.21 Å². The van der Waals surface area contributed by atoms with Gasteiger partial charge in [0.1, 0.15) is 0 Å². The second kappa shape index (κ2) is 6.46. The Balaban J connectivity index is 0.000000671. The first-order valence-electron chi connectivity index (χ1n) is 4.91. The molecule has 0 aliphatic carbocycles. The van der Waals surface area contributed by atoms with E-state index in [4.69, 9.17) is 0 Å². The summed E-state index contributed by atoms with van der Waals surface area (Å²) in [6.45, 7) is 10.4. The number of hydrogen-bond donors (Lipinski definition) is 1. The largest absolute Gasteiger partial charge is 0.279 e. The normalized spacial score (nSPS) is 17.7. The van der Waals surface area contributed by atoms with E-state index in [0.717, 1.165) is 5.70 Å². The molecule has 0 saturated carbocycles. The highest BCUT2D eigenvalue weighted by Crippen LogP contribution is 2.18. The van der Waals surface area contributed by atoms with Crippen molar-refractivity contribution in [2.24, 2.45) is 11.0 Å². The lowest BCUT2D eigenvalue weighted by atomic mass is 9.99. The van der Waals surface area contributed by atoms with E-state index in [-0.39, 0.29) is 0 Å². The minimum absolute atomic E-state index is 0.556. The maximum Gasteiger partial charge on any atom is 0.0554 e. The fraction of sp³-hybridized carbons (Fsp3) is 0.545. The Morgan fingerprint density at radius 3 is 2.38 bits per heavy atom. The molecule has 0 amide bonds. The first-order valence-corrected chi connectivity index (χ1v) is 4.91. The molecule has 0 saturated heterocycles. The molecule has 0 spiro atoms. The number of hydrogen-bond acceptors (Lipinski definition) is 2. The Morgan fingerprint density at radius 1 is 1.38 bits per heavy atom. The molecule has 0 aromatic carbocycles. The molecule has 1 aliphatic heterocycles. The molecule has 0 fully saturated rings. The molecule has 0 aromatic heterocycles. The predicted octanol–water partition coefficient (Wildman–Crippen LogP) is 3.09. The highest BCUT2D eigenvalue weighted by molar-refractivity contribution is 5.75. The van der Waals surface area contributed by atoms with Gasteiger partial charge in [0, 0.05) is 6.21 Å². The summed E-state index contributed by atoms with van der Waals surface area (Å²) in [7, 11) is 0. The van der Waals surface area contributed by atoms with Crippen molar-refractivity contribution in [2.75, 3.05) is 0 Å². The summed E-state index contributed by atoms with van der Waals surface area (Å²) in [5.74, 6) is 0.556. The van der Waals surface area contributed by atoms with Gasteiger partial charge in [0.2, 0.25) is 0 Å². The van der Waals surface area contributed by atoms with Crippen LogP contribution in [0.4, 0.5) is 0 Å². The first kappa shape index (κ1) is 11.9. The van der Waals surface area contributed by atoms with Crippen LogP contribution in [0, 0.1) is 5.92 Å². The van der Waals surface area contributed by atoms with Gasteiger partial charge in [-0.2, -0.15) is 5.10 Å². The van der Waals surface area contributed by atoms with Gasteiger partial charge >= 0.3 is 0 Å². The van der Waals surface area contributed by atoms with Gasteiger partial charge in [-0.05, 0) is 24.5 Å². The monoisotopic (exact) mass is 180 g/mol. The van der Waals surface area contributed by atoms with Crippen LogP contribution in [0.5, 0.6) is 0 Å². The van der Waals surface area contributed by atoms with Crippen molar-refractivity contribution in [2.45, 2.75) is 34.6 Å². The van der Waals surface area contributed by atoms with E-state index >= 15 is 0 Å². The standard InChI is InChI=1S/C9H14N2.C2H6/c1-4-9-8(7(2)3)5-6-10-11-9;1-2/h4-7,11H,1-3H3;1-2H3/b9-4+;. The lowest BCUT2D eigenvalue weighted by Crippen LogP contribution is -2.15. The SMILES string of the molecule is C/C=C1/NN=CC=C1C(C)C.CC. The average Bonchev–Trinajstić information content (AvgIpc) is 2.20. The third kappa shape index (κ3) is 3.45. The quantitative estimate of drug-likeness (QED) is 0.659. The Kier molecular flexibility index (Phi) is 5.94. The molecule has 0 aromatic rings. The summed E-state index contributed by atoms with van der Waals surface area (Å²) in [6.07, 6.45) is 5.89. The number of allylic oxidation sites excluding steroid dienone is 3. The maximum atomic E-state index is 3.94. The Bertz CT molecular complexity index is 222. The van der Waals surface area contributed by atoms with Gasteiger partial charge in [-0.3, -0.25) is 5.43 Å². The van der Waals surface area contributed by atoms with Crippen LogP contribution in [0.3, 0.4) is 0 Å². The topological polar surface area (TPSA) is 24.4 Å². The number of nitrogens with one attached hydrogen (secondary N) is 1. The van der Waals surface area contributed by atoms with Crippen molar-refractivity contribution in [3.63, 3.8) is 0 Å². The van der Waals surface area contributed by atoms with Crippen LogP contribution >= 0.6 is 0 Å². The highest BCUT2D eigenvalue weighted by atomic mass is 15.3. The van der Waals surface area contributed by atoms with Crippen LogP contribution in [0.15, 0.2) is 28.5 Å². The van der Waals surface area contributed by atoms with Gasteiger partial charge < -0.3 is 0 Å². The van der Waals surface area contributed by atoms with E-state index in [1.165, 1.54) is 5.57 Å². The van der Waals surface area contributed by atoms with Gasteiger partial charge in [-0.1, -0.05) is 33.8 Å². The Morgan fingerprint density at radius 2 is 2.00 bits per heavy atom. The smallest absolute Gasteiger partial charge is 0.0554 e. The number of rotatable bonds is 1. The molecule has 1 heterocycles. The molecule has 0 radical (unpaired) electrons. The molecular weight excluding hydrogens is 160 g/mol. The molecule has 74 valence electrons. The third-order valence-electron chi connectivity index (χ3n) is 1.74. The summed E-state index contributed by atoms with van der Waals surface area (Å²) < 4.78 is 0. The van der Waals surface area contributed by atoms with E-state index in [1.807, 2.05) is 26.8 Å². The van der Waals surface area contributed by atoms with Crippen molar-refractivity contribution >= 4 is 6.21 Å². The molecule has 2 nitrogen and oxygen atoms in total. The Hall–Kier alpha value is -1.05. The van der Waals surface area contributed by atoms with Crippen molar-refractivity contribution < 1.29 is 0 Å². The summed E-state index contributed by atoms with van der Waals surface area (Å²) in [4.78, 5) is 0. The molecule has 0 bridgehead atoms. The minimum Gasteiger partial charge on any atom is -0.279 e. The molecule has 1 aliphatic rings. The third-order valence-corrected chi connectivity index (χ3v) is 1.74. The predicted molar refractivity (Wildman–Crippen MR) is 59.7 cm³/mol. The average molecular weight is 180 g/mol. The van der Waals surface area contributed by atoms with Crippen LogP contribution in [-0.4, -0.2) is 6.21 Å². The highest BCUT2D eigenvalue weighted by Gasteiger charge is 2.09. The second-order valence-electron chi connectivity index (χ2n) is 2.87. The van der Waals surface area contributed by atoms with E-state index < -0.39 is 0 Å². The molecule has 1 rings (SSSR count). The van der Waals surface area contributed by atoms with Gasteiger partial charge in [0.05, 0.1) is 5.70 Å². The summed E-state index contributed by atoms with van der Waals surface area (Å²) in [5, 5.41) is 3.94. The van der Waals surface area contributed by atoms with Gasteiger partial charge in [-0.25, -0.2) is 0 Å². The zero-order valence-corrected chi connectivity index (χ0v) is 9.26. The maximum absolute atomic E-state index is 3.94. The van der Waals surface area contributed by atoms with Crippen molar-refractivity contribution in [1.82, 2.24) is 5.43 Å². The van der Waals surface area contributed by atoms with Gasteiger partial charge in [0.15, 0.2) is 0 Å². The van der Waals surface area contributed by atoms with E-state index in [9.17, 15) is 0 Å². The summed E-state index contributed by atoms with van der Waals surface area (Å²) >= 11 is 0. The van der Waals surface area contributed by atoms with E-state index in [2.05, 4.69) is 30.5 Å². The fourth-order valence-electron chi connectivity index (χ4n) is 1.11. The van der Waals surface area contributed by atoms with Crippen molar-refractivity contribution in [1.29, 1.82) is 0 Å². The zero-order valence-electron chi connectivity index (χ0n) is 9.26. The molecule has 0 unspecified atom stereocenters. The zero-order chi connectivity index (χ0) is 10.3. The van der Waals surface area contributed by atoms with Gasteiger partial charge in [-0.15, -0.1) is 0 Å². The van der Waals surface area contributed by atoms with Crippen LogP contribution < -0.4 is 5.43 Å². The molecular formula is C11H20N2. The Labute approximate surface area is 81.4 Å². The lowest BCUT2D eigenvalue weighted by Gasteiger charge is -2.16. The minimum atomic E-state index is 0.556. The van der Waals surface area contributed by atoms with Crippen molar-refractivity contribution in [3.8, 4) is 0 Å². The number of hydrazone groups is 1. The van der Waals surface area contributed by atoms with Crippen LogP contribution in [0.25, 0.3) is 0 Å². The summed E-state index contributed by atoms with van der Waals surface area (Å²) in [6, 6.07) is 0. The van der Waals surface area contributed by atoms with E-state index in [0.29, 0.717) is 5.92 Å². The lowest BCUT2D eigenvalue weighted by molar-refractivity contribution is 0.735. The molecule has 1 N–H and O–H groups in total. The molecule has 13 heavy (non-hydrogen) atoms. The molecule has 0 atom stereocenters. The van der Waals surface area contributed by atoms with Crippen LogP contribution in [0.2, 0.25) is 0 Å². The van der Waals surface area contributed by atoms with Gasteiger partial charge in [0.25, 0.3) is 0 Å². The fourth-order valence-corrected chi connectivity index (χ4v) is 1.11. The van der Waals surface area contributed by atoms with Crippen LogP contribution in [-0.2, 0) is 0 Å². The molecule has 2 heteroatoms. The second-order valence-corrected chi connectivity index (χ2v) is 2.87. The first-order chi connectivity index (χ1) is 6.25. The van der Waals surface area contributed by atoms with Crippen LogP contribution in [0.1, 0.15) is 34.6 Å². The summed E-state index contributed by atoms with van der Waals surface area (Å²) in [5.41, 5.74) is 5.41. The number of nitrogens with zero attached hydrogens (tertiary/aromatic N) is 1.